The summed E-state index contributed by atoms with van der Waals surface area (Å²) in [7, 11) is 0. The molecule has 1 aromatic carbocycles. The number of piperazine rings is 1. The predicted octanol–water partition coefficient (Wildman–Crippen LogP) is 1.70. The first kappa shape index (κ1) is 18.5. The number of nitrogens with zero attached hydrogens (tertiary/aromatic N) is 2. The van der Waals surface area contributed by atoms with Crippen LogP contribution in [0.5, 0.6) is 0 Å². The first-order valence-corrected chi connectivity index (χ1v) is 9.48. The fraction of sp³-hybridized carbons (Fsp3) is 0.500. The molecule has 0 spiro atoms. The zero-order chi connectivity index (χ0) is 18.2. The summed E-state index contributed by atoms with van der Waals surface area (Å²) < 4.78 is 0. The average molecular weight is 356 g/mol. The van der Waals surface area contributed by atoms with E-state index in [1.807, 2.05) is 12.1 Å². The number of carbonyl (C=O) groups excluding carboxylic acids is 2. The van der Waals surface area contributed by atoms with Crippen LogP contribution in [0.1, 0.15) is 25.7 Å². The standard InChI is InChI=1S/C20H28N4O2/c25-19(21-22-20(26)17-7-3-1-4-8-17)11-12-23-13-15-24(16-14-23)18-9-5-2-6-10-18/h1-3,5-6,9-10,17H,4,7-8,11-16H2,(H,21,25)(H,22,26)/t17-/m0/s1. The lowest BCUT2D eigenvalue weighted by Gasteiger charge is -2.36. The van der Waals surface area contributed by atoms with Crippen molar-refractivity contribution in [2.45, 2.75) is 25.7 Å². The van der Waals surface area contributed by atoms with Gasteiger partial charge in [0.1, 0.15) is 0 Å². The smallest absolute Gasteiger partial charge is 0.241 e. The van der Waals surface area contributed by atoms with Gasteiger partial charge in [0.25, 0.3) is 0 Å². The van der Waals surface area contributed by atoms with Crippen molar-refractivity contribution in [3.63, 3.8) is 0 Å². The molecule has 6 nitrogen and oxygen atoms in total. The Morgan fingerprint density at radius 2 is 1.77 bits per heavy atom. The fourth-order valence-electron chi connectivity index (χ4n) is 3.46. The highest BCUT2D eigenvalue weighted by Crippen LogP contribution is 2.18. The number of para-hydroxylation sites is 1. The number of nitrogens with one attached hydrogen (secondary N) is 2. The quantitative estimate of drug-likeness (QED) is 0.623. The van der Waals surface area contributed by atoms with Crippen LogP contribution in [0.15, 0.2) is 42.5 Å². The SMILES string of the molecule is O=C(CCN1CCN(c2ccccc2)CC1)NNC(=O)[C@H]1CC=CCC1. The normalized spacial score (nSPS) is 20.6. The van der Waals surface area contributed by atoms with Gasteiger partial charge in [0, 0.05) is 50.7 Å². The van der Waals surface area contributed by atoms with Crippen molar-refractivity contribution in [1.82, 2.24) is 15.8 Å². The fourth-order valence-corrected chi connectivity index (χ4v) is 3.46. The number of anilines is 1. The molecular weight excluding hydrogens is 328 g/mol. The van der Waals surface area contributed by atoms with Crippen molar-refractivity contribution in [2.75, 3.05) is 37.6 Å². The number of rotatable bonds is 5. The van der Waals surface area contributed by atoms with Crippen molar-refractivity contribution in [3.05, 3.63) is 42.5 Å². The molecule has 0 unspecified atom stereocenters. The maximum absolute atomic E-state index is 12.0. The number of hydrazine groups is 1. The molecule has 140 valence electrons. The Labute approximate surface area is 155 Å². The Morgan fingerprint density at radius 3 is 2.46 bits per heavy atom. The minimum Gasteiger partial charge on any atom is -0.369 e. The number of amides is 2. The minimum atomic E-state index is -0.129. The third-order valence-electron chi connectivity index (χ3n) is 5.11. The zero-order valence-corrected chi connectivity index (χ0v) is 15.2. The summed E-state index contributed by atoms with van der Waals surface area (Å²) >= 11 is 0. The molecule has 2 N–H and O–H groups in total. The molecule has 0 bridgehead atoms. The summed E-state index contributed by atoms with van der Waals surface area (Å²) in [6.07, 6.45) is 7.07. The maximum atomic E-state index is 12.0. The van der Waals surface area contributed by atoms with Crippen LogP contribution in [0, 0.1) is 5.92 Å². The monoisotopic (exact) mass is 356 g/mol. The Kier molecular flexibility index (Phi) is 6.66. The molecule has 2 amide bonds. The van der Waals surface area contributed by atoms with Gasteiger partial charge in [0.15, 0.2) is 0 Å². The van der Waals surface area contributed by atoms with Crippen molar-refractivity contribution < 1.29 is 9.59 Å². The number of allylic oxidation sites excluding steroid dienone is 2. The van der Waals surface area contributed by atoms with Gasteiger partial charge in [-0.1, -0.05) is 30.4 Å². The van der Waals surface area contributed by atoms with Crippen molar-refractivity contribution in [1.29, 1.82) is 0 Å². The van der Waals surface area contributed by atoms with Gasteiger partial charge in [-0.05, 0) is 31.4 Å². The summed E-state index contributed by atoms with van der Waals surface area (Å²) in [5, 5.41) is 0. The Bertz CT molecular complexity index is 624. The van der Waals surface area contributed by atoms with Gasteiger partial charge in [-0.15, -0.1) is 0 Å². The molecule has 0 radical (unpaired) electrons. The summed E-state index contributed by atoms with van der Waals surface area (Å²) in [5.74, 6) is -0.235. The van der Waals surface area contributed by atoms with E-state index >= 15 is 0 Å². The van der Waals surface area contributed by atoms with E-state index < -0.39 is 0 Å². The molecule has 3 rings (SSSR count). The molecule has 26 heavy (non-hydrogen) atoms. The summed E-state index contributed by atoms with van der Waals surface area (Å²) in [6, 6.07) is 10.4. The Balaban J connectivity index is 1.31. The lowest BCUT2D eigenvalue weighted by Crippen LogP contribution is -2.48. The van der Waals surface area contributed by atoms with Crippen LogP contribution in [0.25, 0.3) is 0 Å². The highest BCUT2D eigenvalue weighted by Gasteiger charge is 2.20. The lowest BCUT2D eigenvalue weighted by molar-refractivity contribution is -0.131. The van der Waals surface area contributed by atoms with Crippen LogP contribution in [0.4, 0.5) is 5.69 Å². The van der Waals surface area contributed by atoms with E-state index in [0.29, 0.717) is 6.42 Å². The largest absolute Gasteiger partial charge is 0.369 e. The summed E-state index contributed by atoms with van der Waals surface area (Å²) in [5.41, 5.74) is 6.38. The molecule has 6 heteroatoms. The highest BCUT2D eigenvalue weighted by molar-refractivity contribution is 5.83. The van der Waals surface area contributed by atoms with Crippen molar-refractivity contribution in [2.24, 2.45) is 5.92 Å². The van der Waals surface area contributed by atoms with Gasteiger partial charge >= 0.3 is 0 Å². The minimum absolute atomic E-state index is 0.0219. The zero-order valence-electron chi connectivity index (χ0n) is 15.2. The van der Waals surface area contributed by atoms with E-state index in [0.717, 1.165) is 52.0 Å². The second-order valence-electron chi connectivity index (χ2n) is 6.93. The predicted molar refractivity (Wildman–Crippen MR) is 102 cm³/mol. The van der Waals surface area contributed by atoms with Crippen LogP contribution in [0.2, 0.25) is 0 Å². The molecule has 1 fully saturated rings. The van der Waals surface area contributed by atoms with Crippen LogP contribution in [0.3, 0.4) is 0 Å². The summed E-state index contributed by atoms with van der Waals surface area (Å²) in [6.45, 7) is 4.55. The van der Waals surface area contributed by atoms with Crippen LogP contribution in [-0.2, 0) is 9.59 Å². The van der Waals surface area contributed by atoms with Gasteiger partial charge in [0.05, 0.1) is 0 Å². The van der Waals surface area contributed by atoms with E-state index in [1.54, 1.807) is 0 Å². The highest BCUT2D eigenvalue weighted by atomic mass is 16.2. The van der Waals surface area contributed by atoms with Gasteiger partial charge in [-0.3, -0.25) is 25.3 Å². The van der Waals surface area contributed by atoms with Crippen molar-refractivity contribution >= 4 is 17.5 Å². The lowest BCUT2D eigenvalue weighted by atomic mass is 9.94. The van der Waals surface area contributed by atoms with Gasteiger partial charge < -0.3 is 4.90 Å². The number of hydrogen-bond donors (Lipinski definition) is 2. The third-order valence-corrected chi connectivity index (χ3v) is 5.11. The first-order valence-electron chi connectivity index (χ1n) is 9.48. The van der Waals surface area contributed by atoms with Gasteiger partial charge in [-0.25, -0.2) is 0 Å². The van der Waals surface area contributed by atoms with Crippen molar-refractivity contribution in [3.8, 4) is 0 Å². The summed E-state index contributed by atoms with van der Waals surface area (Å²) in [4.78, 5) is 28.7. The Morgan fingerprint density at radius 1 is 1.00 bits per heavy atom. The topological polar surface area (TPSA) is 64.7 Å². The maximum Gasteiger partial charge on any atom is 0.241 e. The molecule has 1 atom stereocenters. The second-order valence-corrected chi connectivity index (χ2v) is 6.93. The number of hydrogen-bond acceptors (Lipinski definition) is 4. The van der Waals surface area contributed by atoms with E-state index in [4.69, 9.17) is 0 Å². The molecule has 1 heterocycles. The second kappa shape index (κ2) is 9.38. The molecule has 1 aromatic rings. The van der Waals surface area contributed by atoms with E-state index in [-0.39, 0.29) is 17.7 Å². The van der Waals surface area contributed by atoms with Crippen LogP contribution >= 0.6 is 0 Å². The third kappa shape index (κ3) is 5.33. The van der Waals surface area contributed by atoms with Gasteiger partial charge in [-0.2, -0.15) is 0 Å². The molecule has 0 saturated carbocycles. The molecule has 1 aliphatic heterocycles. The molecule has 0 aromatic heterocycles. The van der Waals surface area contributed by atoms with E-state index in [2.05, 4.69) is 51.0 Å². The van der Waals surface area contributed by atoms with Gasteiger partial charge in [0.2, 0.25) is 11.8 Å². The average Bonchev–Trinajstić information content (AvgIpc) is 2.72. The first-order chi connectivity index (χ1) is 12.7. The molecule has 2 aliphatic rings. The van der Waals surface area contributed by atoms with E-state index in [9.17, 15) is 9.59 Å². The number of benzene rings is 1. The molecule has 1 aliphatic carbocycles. The Hall–Kier alpha value is -2.34. The van der Waals surface area contributed by atoms with Crippen LogP contribution in [-0.4, -0.2) is 49.4 Å². The molecular formula is C20H28N4O2. The molecule has 1 saturated heterocycles. The van der Waals surface area contributed by atoms with E-state index in [1.165, 1.54) is 5.69 Å². The number of carbonyl (C=O) groups is 2. The van der Waals surface area contributed by atoms with Crippen LogP contribution < -0.4 is 15.8 Å².